The quantitative estimate of drug-likeness (QED) is 0.308. The minimum atomic E-state index is -1.11. The molecule has 1 unspecified atom stereocenters. The van der Waals surface area contributed by atoms with E-state index in [4.69, 9.17) is 4.65 Å². The molecule has 0 aromatic heterocycles. The van der Waals surface area contributed by atoms with E-state index in [2.05, 4.69) is 63.9 Å². The normalized spacial score (nSPS) is 17.0. The van der Waals surface area contributed by atoms with E-state index in [1.165, 1.54) is 19.3 Å². The van der Waals surface area contributed by atoms with Crippen molar-refractivity contribution in [3.05, 3.63) is 49.7 Å². The van der Waals surface area contributed by atoms with Crippen LogP contribution in [0.3, 0.4) is 0 Å². The van der Waals surface area contributed by atoms with Crippen LogP contribution in [0.1, 0.15) is 19.3 Å². The fraction of sp³-hybridized carbons (Fsp3) is 0.588. The molecule has 0 heterocycles. The van der Waals surface area contributed by atoms with Crippen molar-refractivity contribution < 1.29 is 23.3 Å². The first-order chi connectivity index (χ1) is 9.17. The number of allylic oxidation sites excluding steroid dienone is 4. The molecule has 0 aliphatic heterocycles. The Hall–Kier alpha value is 1.42. The predicted molar refractivity (Wildman–Crippen MR) is 125 cm³/mol. The van der Waals surface area contributed by atoms with Crippen molar-refractivity contribution in [1.29, 1.82) is 0 Å². The Morgan fingerprint density at radius 1 is 1.04 bits per heavy atom. The summed E-state index contributed by atoms with van der Waals surface area (Å²) in [7, 11) is -2.21. The Morgan fingerprint density at radius 3 is 1.83 bits per heavy atom. The van der Waals surface area contributed by atoms with E-state index in [0.717, 1.165) is 5.92 Å². The first-order valence-electron chi connectivity index (χ1n) is 7.47. The van der Waals surface area contributed by atoms with Gasteiger partial charge in [-0.05, 0) is 12.3 Å². The van der Waals surface area contributed by atoms with Crippen molar-refractivity contribution >= 4 is 48.2 Å². The number of halogens is 2. The molecule has 1 atom stereocenters. The van der Waals surface area contributed by atoms with E-state index in [0.29, 0.717) is 0 Å². The van der Waals surface area contributed by atoms with Gasteiger partial charge in [-0.1, -0.05) is 62.2 Å². The molecule has 0 N–H and O–H groups in total. The molecule has 24 heavy (non-hydrogen) atoms. The van der Waals surface area contributed by atoms with Crippen LogP contribution in [0.4, 0.5) is 0 Å². The standard InChI is InChI=1S/C9H11.C6H18NSi2.2CH3.2ClH.H2Si.Zr/c1-2-5-9-7-3-6-8(9)4-1;1-8(2,3)7-9(4,5)6;;;;;;/h1-2,4,6,9H,3,5,7H2;1-6H3;2*1H3;2*1H;1H2;/q4*-1;;;;. The van der Waals surface area contributed by atoms with Gasteiger partial charge >= 0.3 is 30.2 Å². The van der Waals surface area contributed by atoms with Crippen molar-refractivity contribution in [3.63, 3.8) is 0 Å². The van der Waals surface area contributed by atoms with Gasteiger partial charge in [-0.15, -0.1) is 43.4 Å². The zero-order chi connectivity index (χ0) is 15.8. The Labute approximate surface area is 184 Å². The van der Waals surface area contributed by atoms with Crippen LogP contribution in [0, 0.1) is 27.2 Å². The third kappa shape index (κ3) is 19.7. The summed E-state index contributed by atoms with van der Waals surface area (Å²) in [5.41, 5.74) is 1.58. The minimum absolute atomic E-state index is 0. The summed E-state index contributed by atoms with van der Waals surface area (Å²) in [6.45, 7) is 15.7. The maximum absolute atomic E-state index is 4.82. The van der Waals surface area contributed by atoms with E-state index in [-0.39, 0.29) is 39.7 Å². The van der Waals surface area contributed by atoms with Crippen LogP contribution in [-0.2, 0) is 23.3 Å². The zero-order valence-electron chi connectivity index (χ0n) is 17.0. The molecule has 2 rings (SSSR count). The van der Waals surface area contributed by atoms with Gasteiger partial charge in [0.05, 0.1) is 0 Å². The third-order valence-corrected chi connectivity index (χ3v) is 8.25. The van der Waals surface area contributed by atoms with Gasteiger partial charge in [0.2, 0.25) is 0 Å². The van der Waals surface area contributed by atoms with E-state index in [1.54, 1.807) is 28.9 Å². The third-order valence-electron chi connectivity index (χ3n) is 2.88. The zero-order valence-corrected chi connectivity index (χ0v) is 24.5. The van der Waals surface area contributed by atoms with Gasteiger partial charge < -0.3 is 19.5 Å². The molecule has 0 spiro atoms. The molecule has 146 valence electrons. The average Bonchev–Trinajstić information content (AvgIpc) is 2.75. The summed E-state index contributed by atoms with van der Waals surface area (Å²) >= 11 is 1.58. The summed E-state index contributed by atoms with van der Waals surface area (Å²) in [6, 6.07) is 0. The van der Waals surface area contributed by atoms with Gasteiger partial charge in [0, 0.05) is 0 Å². The van der Waals surface area contributed by atoms with E-state index in [9.17, 15) is 0 Å². The number of fused-ring (bicyclic) bond motifs is 1. The van der Waals surface area contributed by atoms with E-state index < -0.39 is 16.5 Å². The van der Waals surface area contributed by atoms with Gasteiger partial charge in [-0.2, -0.15) is 0 Å². The first-order valence-corrected chi connectivity index (χ1v) is 20.3. The summed E-state index contributed by atoms with van der Waals surface area (Å²) in [5, 5.41) is 0. The van der Waals surface area contributed by atoms with Crippen LogP contribution < -0.4 is 0 Å². The Bertz CT molecular complexity index is 339. The van der Waals surface area contributed by atoms with Crippen LogP contribution in [0.5, 0.6) is 0 Å². The van der Waals surface area contributed by atoms with Crippen LogP contribution in [0.2, 0.25) is 39.3 Å². The monoisotopic (exact) mass is 501 g/mol. The summed E-state index contributed by atoms with van der Waals surface area (Å²) < 4.78 is 4.82. The van der Waals surface area contributed by atoms with Crippen molar-refractivity contribution in [1.82, 2.24) is 0 Å². The van der Waals surface area contributed by atoms with Crippen molar-refractivity contribution in [2.45, 2.75) is 58.5 Å². The molecule has 0 saturated heterocycles. The summed E-state index contributed by atoms with van der Waals surface area (Å²) in [6.07, 6.45) is 13.0. The molecule has 7 heteroatoms. The second-order valence-corrected chi connectivity index (χ2v) is 16.8. The van der Waals surface area contributed by atoms with Crippen LogP contribution >= 0.6 is 24.8 Å². The molecular weight excluding hydrogens is 465 g/mol. The second kappa shape index (κ2) is 17.8. The molecule has 0 aromatic carbocycles. The number of nitrogens with zero attached hydrogens (tertiary/aromatic N) is 1. The molecule has 0 bridgehead atoms. The Morgan fingerprint density at radius 2 is 1.50 bits per heavy atom. The van der Waals surface area contributed by atoms with Crippen LogP contribution in [0.15, 0.2) is 23.8 Å². The van der Waals surface area contributed by atoms with Crippen molar-refractivity contribution in [3.8, 4) is 0 Å². The van der Waals surface area contributed by atoms with E-state index >= 15 is 0 Å². The molecule has 0 amide bonds. The molecule has 1 fully saturated rings. The van der Waals surface area contributed by atoms with Crippen LogP contribution in [-0.4, -0.2) is 23.4 Å². The topological polar surface area (TPSA) is 14.1 Å². The fourth-order valence-electron chi connectivity index (χ4n) is 2.67. The Kier molecular flexibility index (Phi) is 27.0. The molecular formula is C17H39Cl2NSi3Zr-4. The first kappa shape index (κ1) is 36.4. The average molecular weight is 504 g/mol. The van der Waals surface area contributed by atoms with Gasteiger partial charge in [0.25, 0.3) is 0 Å². The van der Waals surface area contributed by atoms with Crippen LogP contribution in [0.25, 0.3) is 4.65 Å². The second-order valence-electron chi connectivity index (χ2n) is 7.26. The molecule has 2 aliphatic rings. The van der Waals surface area contributed by atoms with Gasteiger partial charge in [0.1, 0.15) is 0 Å². The summed E-state index contributed by atoms with van der Waals surface area (Å²) in [5.74, 6) is 0.884. The molecule has 0 radical (unpaired) electrons. The number of hydrogen-bond acceptors (Lipinski definition) is 0. The SMILES string of the molecule is C1=CCC2CC[CH-]C2=C1.C[Si](C)(C)[N-][Si](C)(C)C.Cl.Cl.[CH3-].[CH3-].[SiH2]=[Zr]. The number of rotatable bonds is 2. The van der Waals surface area contributed by atoms with Crippen molar-refractivity contribution in [2.24, 2.45) is 5.92 Å². The van der Waals surface area contributed by atoms with Gasteiger partial charge in [-0.3, -0.25) is 0 Å². The molecule has 1 saturated carbocycles. The molecule has 0 aromatic rings. The predicted octanol–water partition coefficient (Wildman–Crippen LogP) is 6.34. The van der Waals surface area contributed by atoms with Crippen molar-refractivity contribution in [2.75, 3.05) is 0 Å². The van der Waals surface area contributed by atoms with E-state index in [1.807, 2.05) is 6.88 Å². The van der Waals surface area contributed by atoms with Gasteiger partial charge in [0.15, 0.2) is 0 Å². The Balaban J connectivity index is -0.0000000789. The maximum atomic E-state index is 4.82. The fourth-order valence-corrected chi connectivity index (χ4v) is 10.7. The molecule has 1 nitrogen and oxygen atoms in total. The number of hydrogen-bond donors (Lipinski definition) is 0. The van der Waals surface area contributed by atoms with Gasteiger partial charge in [-0.25, -0.2) is 18.1 Å². The summed E-state index contributed by atoms with van der Waals surface area (Å²) in [4.78, 5) is 0. The molecule has 2 aliphatic carbocycles.